The topological polar surface area (TPSA) is 43.4 Å². The van der Waals surface area contributed by atoms with Crippen molar-refractivity contribution in [3.8, 4) is 0 Å². The van der Waals surface area contributed by atoms with Crippen LogP contribution >= 0.6 is 0 Å². The molecular weight excluding hydrogens is 276 g/mol. The van der Waals surface area contributed by atoms with Gasteiger partial charge in [0.2, 0.25) is 0 Å². The summed E-state index contributed by atoms with van der Waals surface area (Å²) in [6, 6.07) is 0. The molecule has 2 bridgehead atoms. The van der Waals surface area contributed by atoms with Gasteiger partial charge in [0, 0.05) is 6.42 Å². The fourth-order valence-corrected chi connectivity index (χ4v) is 5.11. The van der Waals surface area contributed by atoms with Gasteiger partial charge in [0.1, 0.15) is 5.78 Å². The predicted molar refractivity (Wildman–Crippen MR) is 85.2 cm³/mol. The Bertz CT molecular complexity index is 481. The van der Waals surface area contributed by atoms with E-state index in [-0.39, 0.29) is 23.2 Å². The Labute approximate surface area is 133 Å². The van der Waals surface area contributed by atoms with Crippen LogP contribution in [0.5, 0.6) is 0 Å². The Morgan fingerprint density at radius 3 is 2.64 bits per heavy atom. The Balaban J connectivity index is 1.63. The molecule has 0 aromatic heterocycles. The van der Waals surface area contributed by atoms with Crippen LogP contribution in [0.1, 0.15) is 58.8 Å². The molecule has 2 saturated carbocycles. The predicted octanol–water partition coefficient (Wildman–Crippen LogP) is 3.92. The van der Waals surface area contributed by atoms with Crippen molar-refractivity contribution < 1.29 is 14.3 Å². The molecule has 0 aliphatic heterocycles. The van der Waals surface area contributed by atoms with Crippen LogP contribution in [-0.2, 0) is 14.3 Å². The van der Waals surface area contributed by atoms with E-state index in [9.17, 15) is 9.59 Å². The van der Waals surface area contributed by atoms with Crippen molar-refractivity contribution in [1.82, 2.24) is 0 Å². The van der Waals surface area contributed by atoms with Gasteiger partial charge < -0.3 is 4.74 Å². The summed E-state index contributed by atoms with van der Waals surface area (Å²) >= 11 is 0. The summed E-state index contributed by atoms with van der Waals surface area (Å²) < 4.78 is 5.24. The van der Waals surface area contributed by atoms with Crippen LogP contribution in [0.25, 0.3) is 0 Å². The third-order valence-electron chi connectivity index (χ3n) is 6.04. The molecule has 2 fully saturated rings. The minimum atomic E-state index is -0.379. The highest BCUT2D eigenvalue weighted by Crippen LogP contribution is 2.76. The van der Waals surface area contributed by atoms with Crippen molar-refractivity contribution in [2.45, 2.75) is 58.8 Å². The molecule has 0 N–H and O–H groups in total. The fraction of sp³-hybridized carbons (Fsp3) is 0.789. The van der Waals surface area contributed by atoms with Gasteiger partial charge in [-0.3, -0.25) is 9.59 Å². The number of allylic oxidation sites excluding steroid dienone is 2. The van der Waals surface area contributed by atoms with Crippen molar-refractivity contribution in [3.05, 3.63) is 12.2 Å². The van der Waals surface area contributed by atoms with Crippen molar-refractivity contribution >= 4 is 11.8 Å². The zero-order chi connectivity index (χ0) is 15.7. The second-order valence-corrected chi connectivity index (χ2v) is 7.17. The largest absolute Gasteiger partial charge is 0.466 e. The van der Waals surface area contributed by atoms with E-state index in [4.69, 9.17) is 4.74 Å². The average Bonchev–Trinajstić information content (AvgIpc) is 2.86. The lowest BCUT2D eigenvalue weighted by Crippen LogP contribution is -2.28. The first-order valence-electron chi connectivity index (χ1n) is 9.06. The van der Waals surface area contributed by atoms with E-state index in [1.807, 2.05) is 6.92 Å². The summed E-state index contributed by atoms with van der Waals surface area (Å²) in [5.41, 5.74) is -0.379. The van der Waals surface area contributed by atoms with Gasteiger partial charge in [-0.1, -0.05) is 44.8 Å². The van der Waals surface area contributed by atoms with E-state index in [0.717, 1.165) is 19.3 Å². The molecular formula is C19H28O3. The van der Waals surface area contributed by atoms with Gasteiger partial charge in [-0.05, 0) is 37.5 Å². The molecule has 3 aliphatic carbocycles. The zero-order valence-corrected chi connectivity index (χ0v) is 13.8. The monoisotopic (exact) mass is 304 g/mol. The second-order valence-electron chi connectivity index (χ2n) is 7.17. The van der Waals surface area contributed by atoms with Crippen molar-refractivity contribution in [1.29, 1.82) is 0 Å². The summed E-state index contributed by atoms with van der Waals surface area (Å²) in [7, 11) is 0. The van der Waals surface area contributed by atoms with Gasteiger partial charge in [0.25, 0.3) is 0 Å². The van der Waals surface area contributed by atoms with Crippen LogP contribution in [0, 0.1) is 29.1 Å². The number of ether oxygens (including phenoxy) is 1. The zero-order valence-electron chi connectivity index (χ0n) is 13.8. The number of fused-ring (bicyclic) bond motifs is 5. The molecule has 3 nitrogen and oxygen atoms in total. The highest BCUT2D eigenvalue weighted by molar-refractivity contribution is 5.98. The number of hydrogen-bond acceptors (Lipinski definition) is 3. The molecule has 0 aromatic rings. The Morgan fingerprint density at radius 1 is 1.14 bits per heavy atom. The van der Waals surface area contributed by atoms with Gasteiger partial charge in [0.15, 0.2) is 0 Å². The number of carbonyl (C=O) groups is 2. The van der Waals surface area contributed by atoms with Crippen LogP contribution in [0.2, 0.25) is 0 Å². The Morgan fingerprint density at radius 2 is 1.91 bits per heavy atom. The third-order valence-corrected chi connectivity index (χ3v) is 6.04. The molecule has 0 aromatic carbocycles. The molecule has 5 atom stereocenters. The van der Waals surface area contributed by atoms with E-state index in [1.54, 1.807) is 0 Å². The van der Waals surface area contributed by atoms with Crippen molar-refractivity contribution in [2.75, 3.05) is 6.61 Å². The van der Waals surface area contributed by atoms with Crippen LogP contribution in [0.15, 0.2) is 12.2 Å². The van der Waals surface area contributed by atoms with Gasteiger partial charge >= 0.3 is 5.97 Å². The van der Waals surface area contributed by atoms with E-state index < -0.39 is 0 Å². The maximum Gasteiger partial charge on any atom is 0.310 e. The van der Waals surface area contributed by atoms with Gasteiger partial charge in [-0.25, -0.2) is 0 Å². The lowest BCUT2D eigenvalue weighted by atomic mass is 9.82. The van der Waals surface area contributed by atoms with E-state index >= 15 is 0 Å². The van der Waals surface area contributed by atoms with Crippen LogP contribution < -0.4 is 0 Å². The first-order valence-corrected chi connectivity index (χ1v) is 9.06. The molecule has 22 heavy (non-hydrogen) atoms. The van der Waals surface area contributed by atoms with E-state index in [2.05, 4.69) is 19.1 Å². The van der Waals surface area contributed by atoms with E-state index in [0.29, 0.717) is 30.6 Å². The summed E-state index contributed by atoms with van der Waals surface area (Å²) in [5, 5.41) is 0. The number of rotatable bonds is 9. The fourth-order valence-electron chi connectivity index (χ4n) is 5.11. The number of ketones is 1. The minimum Gasteiger partial charge on any atom is -0.466 e. The normalized spacial score (nSPS) is 37.2. The molecule has 122 valence electrons. The number of Topliss-reactive ketones (excluding diaryl/α,β-unsaturated/α-hetero) is 1. The lowest BCUT2D eigenvalue weighted by molar-refractivity contribution is -0.148. The smallest absolute Gasteiger partial charge is 0.310 e. The summed E-state index contributed by atoms with van der Waals surface area (Å²) in [6.07, 6.45) is 11.9. The molecule has 0 unspecified atom stereocenters. The number of esters is 1. The van der Waals surface area contributed by atoms with Crippen molar-refractivity contribution in [3.63, 3.8) is 0 Å². The highest BCUT2D eigenvalue weighted by atomic mass is 16.5. The average molecular weight is 304 g/mol. The molecule has 3 heteroatoms. The van der Waals surface area contributed by atoms with Crippen LogP contribution in [0.4, 0.5) is 0 Å². The third kappa shape index (κ3) is 2.24. The Kier molecular flexibility index (Phi) is 4.42. The molecule has 3 rings (SSSR count). The van der Waals surface area contributed by atoms with E-state index in [1.165, 1.54) is 19.3 Å². The molecule has 0 amide bonds. The molecule has 0 saturated heterocycles. The van der Waals surface area contributed by atoms with Gasteiger partial charge in [0.05, 0.1) is 17.9 Å². The van der Waals surface area contributed by atoms with Gasteiger partial charge in [-0.15, -0.1) is 0 Å². The first kappa shape index (κ1) is 15.8. The van der Waals surface area contributed by atoms with Gasteiger partial charge in [-0.2, -0.15) is 0 Å². The summed E-state index contributed by atoms with van der Waals surface area (Å²) in [5.74, 6) is 1.01. The SMILES string of the molecule is CCCCCCCC(=O)[C@@]12[C@@H]([C@@H]3C=C[C@H]1C3)[C@@H]2C(=O)OCC. The number of carbonyl (C=O) groups excluding carboxylic acids is 2. The summed E-state index contributed by atoms with van der Waals surface area (Å²) in [4.78, 5) is 25.2. The number of unbranched alkanes of at least 4 members (excludes halogenated alkanes) is 4. The van der Waals surface area contributed by atoms with Crippen LogP contribution in [-0.4, -0.2) is 18.4 Å². The lowest BCUT2D eigenvalue weighted by Gasteiger charge is -2.20. The maximum absolute atomic E-state index is 12.9. The second kappa shape index (κ2) is 6.17. The first-order chi connectivity index (χ1) is 10.7. The highest BCUT2D eigenvalue weighted by Gasteiger charge is 2.80. The molecule has 3 aliphatic rings. The number of hydrogen-bond donors (Lipinski definition) is 0. The molecule has 0 heterocycles. The van der Waals surface area contributed by atoms with Crippen molar-refractivity contribution in [2.24, 2.45) is 29.1 Å². The molecule has 0 spiro atoms. The quantitative estimate of drug-likeness (QED) is 0.368. The summed E-state index contributed by atoms with van der Waals surface area (Å²) in [6.45, 7) is 4.45. The minimum absolute atomic E-state index is 0.134. The van der Waals surface area contributed by atoms with Crippen LogP contribution in [0.3, 0.4) is 0 Å². The standard InChI is InChI=1S/C19H28O3/c1-3-5-6-7-8-9-15(20)19-14-11-10-13(12-14)16(19)17(19)18(21)22-4-2/h10-11,13-14,16-17H,3-9,12H2,1-2H3/t13-,14+,16+,17-,19-/m1/s1. The molecule has 0 radical (unpaired) electrons. The maximum atomic E-state index is 12.9. The Hall–Kier alpha value is -1.12.